The van der Waals surface area contributed by atoms with Gasteiger partial charge in [0.2, 0.25) is 0 Å². The molecule has 88 valence electrons. The molecule has 5 heteroatoms. The second-order valence-electron chi connectivity index (χ2n) is 3.91. The van der Waals surface area contributed by atoms with Gasteiger partial charge >= 0.3 is 0 Å². The average Bonchev–Trinajstić information content (AvgIpc) is 2.73. The van der Waals surface area contributed by atoms with Crippen molar-refractivity contribution in [2.75, 3.05) is 0 Å². The molecule has 0 unspecified atom stereocenters. The fourth-order valence-corrected chi connectivity index (χ4v) is 1.83. The summed E-state index contributed by atoms with van der Waals surface area (Å²) in [4.78, 5) is 14.4. The molecule has 0 radical (unpaired) electrons. The smallest absolute Gasteiger partial charge is 0.0958 e. The monoisotopic (exact) mass is 230 g/mol. The van der Waals surface area contributed by atoms with Gasteiger partial charge in [0.05, 0.1) is 28.4 Å². The highest BCUT2D eigenvalue weighted by molar-refractivity contribution is 6.01. The molecule has 5 nitrogen and oxygen atoms in total. The number of hydrogen-bond acceptors (Lipinski definition) is 3. The van der Waals surface area contributed by atoms with Crippen molar-refractivity contribution in [2.24, 2.45) is 10.4 Å². The van der Waals surface area contributed by atoms with Crippen molar-refractivity contribution in [1.82, 2.24) is 9.55 Å². The molecule has 1 aromatic carbocycles. The zero-order valence-corrected chi connectivity index (χ0v) is 9.92. The van der Waals surface area contributed by atoms with Gasteiger partial charge in [0.25, 0.3) is 0 Å². The topological polar surface area (TPSA) is 59.6 Å². The molecule has 2 rings (SSSR count). The molecular weight excluding hydrogens is 216 g/mol. The maximum Gasteiger partial charge on any atom is 0.0958 e. The summed E-state index contributed by atoms with van der Waals surface area (Å²) in [6.45, 7) is 4.84. The first-order chi connectivity index (χ1) is 8.26. The highest BCUT2D eigenvalue weighted by Crippen LogP contribution is 2.16. The molecule has 0 amide bonds. The van der Waals surface area contributed by atoms with E-state index in [0.29, 0.717) is 5.71 Å². The minimum Gasteiger partial charge on any atom is -0.331 e. The third-order valence-electron chi connectivity index (χ3n) is 2.69. The van der Waals surface area contributed by atoms with Crippen LogP contribution in [-0.4, -0.2) is 15.3 Å². The van der Waals surface area contributed by atoms with Crippen molar-refractivity contribution >= 4 is 16.7 Å². The van der Waals surface area contributed by atoms with Crippen LogP contribution in [0.2, 0.25) is 0 Å². The number of benzene rings is 1. The van der Waals surface area contributed by atoms with Gasteiger partial charge in [-0.25, -0.2) is 4.98 Å². The van der Waals surface area contributed by atoms with Crippen LogP contribution in [0.4, 0.5) is 0 Å². The fraction of sp³-hybridized carbons (Fsp3) is 0.333. The van der Waals surface area contributed by atoms with E-state index in [1.165, 1.54) is 0 Å². The second kappa shape index (κ2) is 4.86. The summed E-state index contributed by atoms with van der Waals surface area (Å²) in [6, 6.07) is 5.85. The highest BCUT2D eigenvalue weighted by atomic mass is 16.3. The Balaban J connectivity index is 2.45. The van der Waals surface area contributed by atoms with Crippen molar-refractivity contribution in [2.45, 2.75) is 26.8 Å². The van der Waals surface area contributed by atoms with Crippen LogP contribution in [0.1, 0.15) is 25.8 Å². The van der Waals surface area contributed by atoms with Crippen LogP contribution < -0.4 is 0 Å². The first-order valence-electron chi connectivity index (χ1n) is 5.58. The van der Waals surface area contributed by atoms with E-state index in [1.807, 2.05) is 24.5 Å². The zero-order valence-electron chi connectivity index (χ0n) is 9.92. The molecule has 0 N–H and O–H groups in total. The molecule has 17 heavy (non-hydrogen) atoms. The Bertz CT molecular complexity index is 571. The molecule has 1 heterocycles. The van der Waals surface area contributed by atoms with Crippen molar-refractivity contribution in [1.29, 1.82) is 0 Å². The standard InChI is InChI=1S/C12H14N4O/c1-3-6-16-8-13-11-7-10(4-5-12(11)16)9(2)14-15-17/h4-5,7-8H,3,6H2,1-2H3/b14-9+. The van der Waals surface area contributed by atoms with E-state index in [4.69, 9.17) is 0 Å². The van der Waals surface area contributed by atoms with Gasteiger partial charge in [-0.05, 0) is 31.0 Å². The molecular formula is C12H14N4O. The van der Waals surface area contributed by atoms with Crippen molar-refractivity contribution in [3.8, 4) is 0 Å². The Morgan fingerprint density at radius 1 is 1.47 bits per heavy atom. The molecule has 0 aliphatic heterocycles. The summed E-state index contributed by atoms with van der Waals surface area (Å²) in [6.07, 6.45) is 2.91. The van der Waals surface area contributed by atoms with Crippen LogP contribution in [0.3, 0.4) is 0 Å². The van der Waals surface area contributed by atoms with Crippen LogP contribution in [0.25, 0.3) is 11.0 Å². The van der Waals surface area contributed by atoms with Crippen molar-refractivity contribution in [3.05, 3.63) is 35.0 Å². The Morgan fingerprint density at radius 2 is 2.29 bits per heavy atom. The number of nitroso groups, excluding NO2 is 1. The van der Waals surface area contributed by atoms with E-state index in [9.17, 15) is 4.91 Å². The van der Waals surface area contributed by atoms with Crippen LogP contribution in [0.15, 0.2) is 34.9 Å². The van der Waals surface area contributed by atoms with Gasteiger partial charge < -0.3 is 4.57 Å². The lowest BCUT2D eigenvalue weighted by Gasteiger charge is -2.02. The molecule has 0 fully saturated rings. The normalized spacial score (nSPS) is 12.0. The zero-order chi connectivity index (χ0) is 12.3. The predicted molar refractivity (Wildman–Crippen MR) is 68.0 cm³/mol. The second-order valence-corrected chi connectivity index (χ2v) is 3.91. The minimum atomic E-state index is 0.604. The molecule has 1 aromatic heterocycles. The van der Waals surface area contributed by atoms with Gasteiger partial charge in [0, 0.05) is 6.54 Å². The summed E-state index contributed by atoms with van der Waals surface area (Å²) in [5.41, 5.74) is 3.49. The SMILES string of the molecule is CCCn1cnc2cc(/C(C)=N/N=O)ccc21. The molecule has 0 atom stereocenters. The quantitative estimate of drug-likeness (QED) is 0.460. The lowest BCUT2D eigenvalue weighted by atomic mass is 10.1. The highest BCUT2D eigenvalue weighted by Gasteiger charge is 2.04. The number of aryl methyl sites for hydroxylation is 1. The van der Waals surface area contributed by atoms with E-state index in [0.717, 1.165) is 29.6 Å². The molecule has 0 aliphatic carbocycles. The molecule has 0 aliphatic rings. The van der Waals surface area contributed by atoms with E-state index in [2.05, 4.69) is 26.9 Å². The van der Waals surface area contributed by atoms with Gasteiger partial charge in [0.15, 0.2) is 0 Å². The Labute approximate surface area is 99.1 Å². The lowest BCUT2D eigenvalue weighted by molar-refractivity contribution is 0.697. The fourth-order valence-electron chi connectivity index (χ4n) is 1.83. The van der Waals surface area contributed by atoms with Crippen LogP contribution in [-0.2, 0) is 6.54 Å². The Hall–Kier alpha value is -2.04. The summed E-state index contributed by atoms with van der Waals surface area (Å²) in [5.74, 6) is 0. The maximum atomic E-state index is 10.1. The van der Waals surface area contributed by atoms with Crippen molar-refractivity contribution in [3.63, 3.8) is 0 Å². The van der Waals surface area contributed by atoms with Crippen LogP contribution >= 0.6 is 0 Å². The molecule has 0 bridgehead atoms. The van der Waals surface area contributed by atoms with Crippen molar-refractivity contribution < 1.29 is 0 Å². The third-order valence-corrected chi connectivity index (χ3v) is 2.69. The van der Waals surface area contributed by atoms with E-state index in [1.54, 1.807) is 6.92 Å². The average molecular weight is 230 g/mol. The summed E-state index contributed by atoms with van der Waals surface area (Å²) >= 11 is 0. The van der Waals surface area contributed by atoms with Crippen LogP contribution in [0, 0.1) is 4.91 Å². The van der Waals surface area contributed by atoms with Crippen LogP contribution in [0.5, 0.6) is 0 Å². The minimum absolute atomic E-state index is 0.604. The Morgan fingerprint density at radius 3 is 3.00 bits per heavy atom. The van der Waals surface area contributed by atoms with E-state index < -0.39 is 0 Å². The number of nitrogens with zero attached hydrogens (tertiary/aromatic N) is 4. The first-order valence-corrected chi connectivity index (χ1v) is 5.58. The number of rotatable bonds is 4. The number of imidazole rings is 1. The number of hydrogen-bond donors (Lipinski definition) is 0. The van der Waals surface area contributed by atoms with Gasteiger partial charge in [-0.15, -0.1) is 10.0 Å². The predicted octanol–water partition coefficient (Wildman–Crippen LogP) is 2.94. The van der Waals surface area contributed by atoms with Gasteiger partial charge in [-0.2, -0.15) is 0 Å². The Kier molecular flexibility index (Phi) is 3.27. The van der Waals surface area contributed by atoms with Gasteiger partial charge in [-0.3, -0.25) is 0 Å². The van der Waals surface area contributed by atoms with Gasteiger partial charge in [-0.1, -0.05) is 13.0 Å². The first kappa shape index (κ1) is 11.4. The lowest BCUT2D eigenvalue weighted by Crippen LogP contribution is -1.96. The third kappa shape index (κ3) is 2.22. The largest absolute Gasteiger partial charge is 0.331 e. The molecule has 0 saturated heterocycles. The number of aromatic nitrogens is 2. The summed E-state index contributed by atoms with van der Waals surface area (Å²) in [7, 11) is 0. The van der Waals surface area contributed by atoms with E-state index >= 15 is 0 Å². The molecule has 0 saturated carbocycles. The molecule has 2 aromatic rings. The van der Waals surface area contributed by atoms with Gasteiger partial charge in [0.1, 0.15) is 0 Å². The number of fused-ring (bicyclic) bond motifs is 1. The maximum absolute atomic E-state index is 10.1. The summed E-state index contributed by atoms with van der Waals surface area (Å²) in [5, 5.41) is 6.04. The van der Waals surface area contributed by atoms with E-state index in [-0.39, 0.29) is 0 Å². The summed E-state index contributed by atoms with van der Waals surface area (Å²) < 4.78 is 2.11. The molecule has 0 spiro atoms.